The fourth-order valence-electron chi connectivity index (χ4n) is 1.56. The zero-order chi connectivity index (χ0) is 11.8. The van der Waals surface area contributed by atoms with Crippen LogP contribution in [0.5, 0.6) is 0 Å². The number of fused-ring (bicyclic) bond motifs is 1. The molecule has 0 unspecified atom stereocenters. The van der Waals surface area contributed by atoms with Crippen molar-refractivity contribution in [2.24, 2.45) is 0 Å². The van der Waals surface area contributed by atoms with Crippen LogP contribution in [-0.4, -0.2) is 20.0 Å². The minimum absolute atomic E-state index is 0.318. The molecule has 0 amide bonds. The normalized spacial score (nSPS) is 10.9. The third-order valence-electron chi connectivity index (χ3n) is 2.37. The van der Waals surface area contributed by atoms with Gasteiger partial charge in [0.05, 0.1) is 11.9 Å². The smallest absolute Gasteiger partial charge is 0.179 e. The van der Waals surface area contributed by atoms with Crippen molar-refractivity contribution in [2.75, 3.05) is 0 Å². The molecule has 0 aliphatic rings. The van der Waals surface area contributed by atoms with Crippen LogP contribution in [0.1, 0.15) is 0 Å². The van der Waals surface area contributed by atoms with Crippen LogP contribution in [0.25, 0.3) is 16.6 Å². The molecule has 0 aliphatic heterocycles. The summed E-state index contributed by atoms with van der Waals surface area (Å²) in [6.45, 7) is 0. The summed E-state index contributed by atoms with van der Waals surface area (Å²) >= 11 is 9.32. The summed E-state index contributed by atoms with van der Waals surface area (Å²) in [6, 6.07) is 7.84. The Balaban J connectivity index is 2.18. The summed E-state index contributed by atoms with van der Waals surface area (Å²) in [5.41, 5.74) is 1.62. The van der Waals surface area contributed by atoms with Gasteiger partial charge in [-0.1, -0.05) is 27.5 Å². The van der Waals surface area contributed by atoms with Crippen molar-refractivity contribution in [3.05, 3.63) is 46.3 Å². The van der Waals surface area contributed by atoms with Crippen LogP contribution in [0, 0.1) is 0 Å². The van der Waals surface area contributed by atoms with Crippen LogP contribution < -0.4 is 0 Å². The highest BCUT2D eigenvalue weighted by Gasteiger charge is 2.07. The highest BCUT2D eigenvalue weighted by Crippen LogP contribution is 2.20. The molecule has 0 atom stereocenters. The van der Waals surface area contributed by atoms with Gasteiger partial charge in [0.1, 0.15) is 5.52 Å². The molecular formula is C11H6BrClN4. The first-order chi connectivity index (χ1) is 8.24. The molecule has 0 saturated carbocycles. The number of aromatic nitrogens is 4. The van der Waals surface area contributed by atoms with Gasteiger partial charge < -0.3 is 0 Å². The number of benzene rings is 1. The average Bonchev–Trinajstić information content (AvgIpc) is 2.75. The van der Waals surface area contributed by atoms with Crippen LogP contribution >= 0.6 is 27.5 Å². The molecular weight excluding hydrogens is 304 g/mol. The summed E-state index contributed by atoms with van der Waals surface area (Å²) in [5, 5.41) is 13.1. The second-order valence-corrected chi connectivity index (χ2v) is 4.76. The molecule has 0 spiro atoms. The van der Waals surface area contributed by atoms with Gasteiger partial charge in [-0.3, -0.25) is 0 Å². The lowest BCUT2D eigenvalue weighted by Gasteiger charge is -1.99. The minimum Gasteiger partial charge on any atom is -0.240 e. The van der Waals surface area contributed by atoms with Gasteiger partial charge in [-0.25, -0.2) is 4.68 Å². The Hall–Kier alpha value is -1.46. The van der Waals surface area contributed by atoms with Crippen molar-refractivity contribution >= 4 is 38.4 Å². The maximum atomic E-state index is 5.93. The third kappa shape index (κ3) is 1.92. The SMILES string of the molecule is Clc1nncc2cn(-c3ccc(Br)cc3)nc12. The lowest BCUT2D eigenvalue weighted by Crippen LogP contribution is -1.93. The van der Waals surface area contributed by atoms with Crippen molar-refractivity contribution in [3.63, 3.8) is 0 Å². The van der Waals surface area contributed by atoms with Gasteiger partial charge in [0.25, 0.3) is 0 Å². The summed E-state index contributed by atoms with van der Waals surface area (Å²) < 4.78 is 2.78. The Morgan fingerprint density at radius 3 is 2.65 bits per heavy atom. The van der Waals surface area contributed by atoms with Crippen LogP contribution in [0.15, 0.2) is 41.1 Å². The largest absolute Gasteiger partial charge is 0.240 e. The van der Waals surface area contributed by atoms with E-state index in [0.717, 1.165) is 15.5 Å². The first-order valence-corrected chi connectivity index (χ1v) is 6.03. The predicted molar refractivity (Wildman–Crippen MR) is 69.4 cm³/mol. The van der Waals surface area contributed by atoms with E-state index in [1.54, 1.807) is 10.9 Å². The van der Waals surface area contributed by atoms with Crippen LogP contribution in [-0.2, 0) is 0 Å². The number of rotatable bonds is 1. The van der Waals surface area contributed by atoms with E-state index in [4.69, 9.17) is 11.6 Å². The maximum Gasteiger partial charge on any atom is 0.179 e. The van der Waals surface area contributed by atoms with E-state index in [1.165, 1.54) is 0 Å². The molecule has 0 aliphatic carbocycles. The Morgan fingerprint density at radius 2 is 1.94 bits per heavy atom. The maximum absolute atomic E-state index is 5.93. The molecule has 17 heavy (non-hydrogen) atoms. The lowest BCUT2D eigenvalue weighted by atomic mass is 10.3. The van der Waals surface area contributed by atoms with E-state index in [9.17, 15) is 0 Å². The molecule has 0 N–H and O–H groups in total. The predicted octanol–water partition coefficient (Wildman–Crippen LogP) is 3.23. The molecule has 3 rings (SSSR count). The molecule has 0 fully saturated rings. The van der Waals surface area contributed by atoms with E-state index in [-0.39, 0.29) is 0 Å². The number of halogens is 2. The van der Waals surface area contributed by atoms with Crippen molar-refractivity contribution in [1.29, 1.82) is 0 Å². The van der Waals surface area contributed by atoms with E-state index < -0.39 is 0 Å². The van der Waals surface area contributed by atoms with E-state index >= 15 is 0 Å². The van der Waals surface area contributed by atoms with Crippen LogP contribution in [0.3, 0.4) is 0 Å². The molecule has 6 heteroatoms. The van der Waals surface area contributed by atoms with Crippen molar-refractivity contribution < 1.29 is 0 Å². The second kappa shape index (κ2) is 4.09. The molecule has 4 nitrogen and oxygen atoms in total. The molecule has 0 radical (unpaired) electrons. The monoisotopic (exact) mass is 308 g/mol. The summed E-state index contributed by atoms with van der Waals surface area (Å²) in [4.78, 5) is 0. The lowest BCUT2D eigenvalue weighted by molar-refractivity contribution is 0.894. The van der Waals surface area contributed by atoms with E-state index in [1.807, 2.05) is 30.5 Å². The summed E-state index contributed by atoms with van der Waals surface area (Å²) in [5.74, 6) is 0. The first-order valence-electron chi connectivity index (χ1n) is 4.86. The number of hydrogen-bond donors (Lipinski definition) is 0. The van der Waals surface area contributed by atoms with Crippen molar-refractivity contribution in [2.45, 2.75) is 0 Å². The molecule has 2 aromatic heterocycles. The van der Waals surface area contributed by atoms with Crippen LogP contribution in [0.4, 0.5) is 0 Å². The average molecular weight is 310 g/mol. The molecule has 0 saturated heterocycles. The van der Waals surface area contributed by atoms with Gasteiger partial charge in [0.2, 0.25) is 0 Å². The molecule has 2 heterocycles. The van der Waals surface area contributed by atoms with Gasteiger partial charge in [-0.05, 0) is 24.3 Å². The fraction of sp³-hybridized carbons (Fsp3) is 0. The zero-order valence-corrected chi connectivity index (χ0v) is 10.9. The first kappa shape index (κ1) is 10.7. The Labute approximate surface area is 110 Å². The standard InChI is InChI=1S/C11H6BrClN4/c12-8-1-3-9(4-2-8)17-6-7-5-14-15-11(13)10(7)16-17/h1-6H. The number of nitrogens with zero attached hydrogens (tertiary/aromatic N) is 4. The quantitative estimate of drug-likeness (QED) is 0.693. The van der Waals surface area contributed by atoms with Crippen molar-refractivity contribution in [1.82, 2.24) is 20.0 Å². The van der Waals surface area contributed by atoms with Crippen molar-refractivity contribution in [3.8, 4) is 5.69 Å². The third-order valence-corrected chi connectivity index (χ3v) is 3.15. The van der Waals surface area contributed by atoms with E-state index in [0.29, 0.717) is 10.7 Å². The summed E-state index contributed by atoms with van der Waals surface area (Å²) in [6.07, 6.45) is 3.52. The minimum atomic E-state index is 0.318. The molecule has 0 bridgehead atoms. The van der Waals surface area contributed by atoms with Gasteiger partial charge >= 0.3 is 0 Å². The summed E-state index contributed by atoms with van der Waals surface area (Å²) in [7, 11) is 0. The molecule has 84 valence electrons. The topological polar surface area (TPSA) is 43.6 Å². The Morgan fingerprint density at radius 1 is 1.18 bits per heavy atom. The Kier molecular flexibility index (Phi) is 2.57. The highest BCUT2D eigenvalue weighted by molar-refractivity contribution is 9.10. The van der Waals surface area contributed by atoms with Gasteiger partial charge in [-0.2, -0.15) is 10.2 Å². The molecule has 3 aromatic rings. The second-order valence-electron chi connectivity index (χ2n) is 3.49. The van der Waals surface area contributed by atoms with Gasteiger partial charge in [0.15, 0.2) is 5.15 Å². The van der Waals surface area contributed by atoms with Gasteiger partial charge in [-0.15, -0.1) is 5.10 Å². The fourth-order valence-corrected chi connectivity index (χ4v) is 2.01. The van der Waals surface area contributed by atoms with E-state index in [2.05, 4.69) is 31.2 Å². The van der Waals surface area contributed by atoms with Crippen LogP contribution in [0.2, 0.25) is 5.15 Å². The Bertz CT molecular complexity index is 678. The zero-order valence-electron chi connectivity index (χ0n) is 8.51. The van der Waals surface area contributed by atoms with Gasteiger partial charge in [0, 0.05) is 16.1 Å². The highest BCUT2D eigenvalue weighted by atomic mass is 79.9. The molecule has 1 aromatic carbocycles. The number of hydrogen-bond acceptors (Lipinski definition) is 3.